The molecule has 3 aromatic rings. The number of likely N-dealkylation sites (tertiary alicyclic amines) is 2. The van der Waals surface area contributed by atoms with E-state index < -0.39 is 21.5 Å². The van der Waals surface area contributed by atoms with Crippen LogP contribution in [0.4, 0.5) is 4.79 Å². The Labute approximate surface area is 228 Å². The summed E-state index contributed by atoms with van der Waals surface area (Å²) >= 11 is 0. The van der Waals surface area contributed by atoms with Crippen LogP contribution in [-0.4, -0.2) is 74.0 Å². The third-order valence-electron chi connectivity index (χ3n) is 7.18. The average molecular weight is 553 g/mol. The molecular formula is C28H32N4O6S. The maximum absolute atomic E-state index is 13.2. The number of carbonyl (C=O) groups excluding carboxylic acids is 2. The molecule has 0 aliphatic carbocycles. The van der Waals surface area contributed by atoms with Crippen LogP contribution in [0, 0.1) is 6.92 Å². The van der Waals surface area contributed by atoms with Crippen molar-refractivity contribution in [2.75, 3.05) is 33.3 Å². The number of nitrogens with one attached hydrogen (secondary N) is 1. The quantitative estimate of drug-likeness (QED) is 0.447. The standard InChI is InChI=1S/C28H32N4O6S/c1-20-16-21(24-8-4-5-9-25(24)29-20)17-38-22-10-12-23(13-11-22)39(35,36)30-28(26(33)37-2)18-32(19-28)27(34)31-14-6-3-7-15-31/h4-5,8-13,16,30H,3,6-7,14-15,17-19H2,1-2H3. The van der Waals surface area contributed by atoms with Crippen LogP contribution < -0.4 is 9.46 Å². The summed E-state index contributed by atoms with van der Waals surface area (Å²) in [7, 11) is -2.89. The smallest absolute Gasteiger partial charge is 0.330 e. The van der Waals surface area contributed by atoms with Crippen molar-refractivity contribution in [2.24, 2.45) is 0 Å². The van der Waals surface area contributed by atoms with Gasteiger partial charge in [0.2, 0.25) is 10.0 Å². The third kappa shape index (κ3) is 5.55. The number of methoxy groups -OCH3 is 1. The molecule has 2 aliphatic rings. The number of urea groups is 1. The molecule has 206 valence electrons. The van der Waals surface area contributed by atoms with Crippen LogP contribution in [0.3, 0.4) is 0 Å². The van der Waals surface area contributed by atoms with Crippen LogP contribution in [0.15, 0.2) is 59.5 Å². The van der Waals surface area contributed by atoms with E-state index in [-0.39, 0.29) is 24.0 Å². The number of esters is 1. The Morgan fingerprint density at radius 3 is 2.38 bits per heavy atom. The second-order valence-electron chi connectivity index (χ2n) is 10.1. The number of para-hydroxylation sites is 1. The summed E-state index contributed by atoms with van der Waals surface area (Å²) in [5.41, 5.74) is 1.21. The zero-order chi connectivity index (χ0) is 27.6. The summed E-state index contributed by atoms with van der Waals surface area (Å²) in [6, 6.07) is 15.6. The number of fused-ring (bicyclic) bond motifs is 1. The molecule has 1 N–H and O–H groups in total. The molecule has 0 bridgehead atoms. The molecule has 39 heavy (non-hydrogen) atoms. The summed E-state index contributed by atoms with van der Waals surface area (Å²) in [6.45, 7) is 3.37. The molecule has 2 amide bonds. The number of pyridine rings is 1. The monoisotopic (exact) mass is 552 g/mol. The van der Waals surface area contributed by atoms with Gasteiger partial charge in [-0.2, -0.15) is 4.72 Å². The number of amides is 2. The van der Waals surface area contributed by atoms with E-state index in [1.165, 1.54) is 24.1 Å². The van der Waals surface area contributed by atoms with Crippen LogP contribution in [-0.2, 0) is 26.2 Å². The molecule has 2 aliphatic heterocycles. The fraction of sp³-hybridized carbons (Fsp3) is 0.393. The van der Waals surface area contributed by atoms with Crippen LogP contribution in [0.5, 0.6) is 5.75 Å². The van der Waals surface area contributed by atoms with Crippen molar-refractivity contribution in [3.63, 3.8) is 0 Å². The lowest BCUT2D eigenvalue weighted by atomic mass is 9.91. The van der Waals surface area contributed by atoms with Crippen LogP contribution in [0.1, 0.15) is 30.5 Å². The maximum Gasteiger partial charge on any atom is 0.330 e. The van der Waals surface area contributed by atoms with Crippen molar-refractivity contribution >= 4 is 32.9 Å². The summed E-state index contributed by atoms with van der Waals surface area (Å²) in [5, 5.41) is 0.993. The van der Waals surface area contributed by atoms with Gasteiger partial charge in [0.05, 0.1) is 30.6 Å². The summed E-state index contributed by atoms with van der Waals surface area (Å²) < 4.78 is 39.8. The van der Waals surface area contributed by atoms with E-state index in [1.54, 1.807) is 17.0 Å². The van der Waals surface area contributed by atoms with Crippen LogP contribution in [0.25, 0.3) is 10.9 Å². The van der Waals surface area contributed by atoms with E-state index >= 15 is 0 Å². The Balaban J connectivity index is 1.26. The van der Waals surface area contributed by atoms with Crippen molar-refractivity contribution < 1.29 is 27.5 Å². The highest BCUT2D eigenvalue weighted by Crippen LogP contribution is 2.28. The first-order chi connectivity index (χ1) is 18.7. The van der Waals surface area contributed by atoms with Crippen molar-refractivity contribution in [3.05, 3.63) is 65.9 Å². The number of piperidine rings is 1. The van der Waals surface area contributed by atoms with Gasteiger partial charge >= 0.3 is 12.0 Å². The summed E-state index contributed by atoms with van der Waals surface area (Å²) in [5.74, 6) is -0.231. The fourth-order valence-electron chi connectivity index (χ4n) is 5.16. The van der Waals surface area contributed by atoms with Gasteiger partial charge in [-0.3, -0.25) is 4.98 Å². The highest BCUT2D eigenvalue weighted by atomic mass is 32.2. The highest BCUT2D eigenvalue weighted by Gasteiger charge is 2.55. The Bertz CT molecular complexity index is 1480. The second-order valence-corrected chi connectivity index (χ2v) is 11.7. The molecule has 0 unspecified atom stereocenters. The normalized spacial score (nSPS) is 17.0. The number of rotatable bonds is 7. The van der Waals surface area contributed by atoms with Crippen LogP contribution in [0.2, 0.25) is 0 Å². The molecule has 2 aromatic carbocycles. The number of hydrogen-bond acceptors (Lipinski definition) is 7. The van der Waals surface area contributed by atoms with E-state index in [1.807, 2.05) is 37.3 Å². The minimum Gasteiger partial charge on any atom is -0.489 e. The Morgan fingerprint density at radius 1 is 1.00 bits per heavy atom. The molecule has 1 aromatic heterocycles. The predicted octanol–water partition coefficient (Wildman–Crippen LogP) is 3.23. The van der Waals surface area contributed by atoms with Crippen molar-refractivity contribution in [1.29, 1.82) is 0 Å². The molecule has 0 saturated carbocycles. The molecule has 2 fully saturated rings. The highest BCUT2D eigenvalue weighted by molar-refractivity contribution is 7.89. The number of sulfonamides is 1. The number of nitrogens with zero attached hydrogens (tertiary/aromatic N) is 3. The van der Waals surface area contributed by atoms with Gasteiger partial charge in [-0.25, -0.2) is 18.0 Å². The number of aromatic nitrogens is 1. The minimum atomic E-state index is -4.09. The Morgan fingerprint density at radius 2 is 1.69 bits per heavy atom. The molecular weight excluding hydrogens is 520 g/mol. The molecule has 0 spiro atoms. The largest absolute Gasteiger partial charge is 0.489 e. The number of aryl methyl sites for hydroxylation is 1. The first-order valence-corrected chi connectivity index (χ1v) is 14.4. The number of carbonyl (C=O) groups is 2. The van der Waals surface area contributed by atoms with E-state index in [9.17, 15) is 18.0 Å². The predicted molar refractivity (Wildman–Crippen MR) is 145 cm³/mol. The van der Waals surface area contributed by atoms with Crippen molar-refractivity contribution in [1.82, 2.24) is 19.5 Å². The third-order valence-corrected chi connectivity index (χ3v) is 8.74. The molecule has 0 radical (unpaired) electrons. The minimum absolute atomic E-state index is 0.0239. The van der Waals surface area contributed by atoms with E-state index in [0.29, 0.717) is 25.4 Å². The topological polar surface area (TPSA) is 118 Å². The van der Waals surface area contributed by atoms with Gasteiger partial charge in [0, 0.05) is 29.7 Å². The zero-order valence-electron chi connectivity index (χ0n) is 22.1. The van der Waals surface area contributed by atoms with Gasteiger partial charge in [-0.05, 0) is 62.6 Å². The molecule has 5 rings (SSSR count). The lowest BCUT2D eigenvalue weighted by Crippen LogP contribution is -2.76. The van der Waals surface area contributed by atoms with Gasteiger partial charge in [-0.15, -0.1) is 0 Å². The van der Waals surface area contributed by atoms with E-state index in [2.05, 4.69) is 9.71 Å². The zero-order valence-corrected chi connectivity index (χ0v) is 22.9. The summed E-state index contributed by atoms with van der Waals surface area (Å²) in [6.07, 6.45) is 2.96. The first kappa shape index (κ1) is 26.9. The van der Waals surface area contributed by atoms with Crippen LogP contribution >= 0.6 is 0 Å². The average Bonchev–Trinajstić information content (AvgIpc) is 2.93. The van der Waals surface area contributed by atoms with Gasteiger partial charge in [0.15, 0.2) is 5.54 Å². The number of hydrogen-bond donors (Lipinski definition) is 1. The molecule has 2 saturated heterocycles. The lowest BCUT2D eigenvalue weighted by Gasteiger charge is -2.49. The van der Waals surface area contributed by atoms with Gasteiger partial charge in [0.25, 0.3) is 0 Å². The molecule has 11 heteroatoms. The van der Waals surface area contributed by atoms with Crippen molar-refractivity contribution in [2.45, 2.75) is 43.2 Å². The first-order valence-electron chi connectivity index (χ1n) is 13.0. The molecule has 10 nitrogen and oxygen atoms in total. The van der Waals surface area contributed by atoms with Gasteiger partial charge in [0.1, 0.15) is 12.4 Å². The summed E-state index contributed by atoms with van der Waals surface area (Å²) in [4.78, 5) is 33.2. The fourth-order valence-corrected chi connectivity index (χ4v) is 6.50. The van der Waals surface area contributed by atoms with Gasteiger partial charge < -0.3 is 19.3 Å². The Hall–Kier alpha value is -3.70. The molecule has 3 heterocycles. The Kier molecular flexibility index (Phi) is 7.46. The number of benzene rings is 2. The molecule has 0 atom stereocenters. The lowest BCUT2D eigenvalue weighted by molar-refractivity contribution is -0.153. The van der Waals surface area contributed by atoms with Gasteiger partial charge in [-0.1, -0.05) is 18.2 Å². The SMILES string of the molecule is COC(=O)C1(NS(=O)(=O)c2ccc(OCc3cc(C)nc4ccccc34)cc2)CN(C(=O)N2CCCCC2)C1. The van der Waals surface area contributed by atoms with E-state index in [0.717, 1.165) is 41.4 Å². The van der Waals surface area contributed by atoms with Crippen molar-refractivity contribution in [3.8, 4) is 5.75 Å². The number of ether oxygens (including phenoxy) is 2. The maximum atomic E-state index is 13.2. The van der Waals surface area contributed by atoms with E-state index in [4.69, 9.17) is 9.47 Å². The second kappa shape index (κ2) is 10.8.